The summed E-state index contributed by atoms with van der Waals surface area (Å²) < 4.78 is 7.47. The van der Waals surface area contributed by atoms with Gasteiger partial charge in [0.1, 0.15) is 5.75 Å². The maximum absolute atomic E-state index is 12.5. The number of benzene rings is 1. The molecular formula is C20H26N4O3S. The van der Waals surface area contributed by atoms with Crippen molar-refractivity contribution in [2.75, 3.05) is 32.1 Å². The van der Waals surface area contributed by atoms with E-state index in [4.69, 9.17) is 4.74 Å². The summed E-state index contributed by atoms with van der Waals surface area (Å²) in [5, 5.41) is 19.9. The van der Waals surface area contributed by atoms with Crippen LogP contribution in [0, 0.1) is 0 Å². The Morgan fingerprint density at radius 3 is 2.64 bits per heavy atom. The van der Waals surface area contributed by atoms with E-state index in [-0.39, 0.29) is 11.7 Å². The second-order valence-electron chi connectivity index (χ2n) is 7.27. The van der Waals surface area contributed by atoms with Gasteiger partial charge in [-0.25, -0.2) is 0 Å². The van der Waals surface area contributed by atoms with E-state index in [0.29, 0.717) is 49.5 Å². The molecule has 8 heteroatoms. The summed E-state index contributed by atoms with van der Waals surface area (Å²) in [6, 6.07) is 7.54. The third-order valence-electron chi connectivity index (χ3n) is 5.44. The van der Waals surface area contributed by atoms with Crippen molar-refractivity contribution in [3.05, 3.63) is 24.3 Å². The lowest BCUT2D eigenvalue weighted by Crippen LogP contribution is -2.41. The number of para-hydroxylation sites is 1. The van der Waals surface area contributed by atoms with Gasteiger partial charge in [0.05, 0.1) is 24.5 Å². The summed E-state index contributed by atoms with van der Waals surface area (Å²) in [5.41, 5.74) is 0.687. The van der Waals surface area contributed by atoms with Crippen molar-refractivity contribution in [1.82, 2.24) is 19.7 Å². The highest BCUT2D eigenvalue weighted by Gasteiger charge is 2.26. The summed E-state index contributed by atoms with van der Waals surface area (Å²) in [7, 11) is 0. The average molecular weight is 403 g/mol. The Hall–Kier alpha value is -2.06. The van der Waals surface area contributed by atoms with E-state index < -0.39 is 0 Å². The third-order valence-corrected chi connectivity index (χ3v) is 6.37. The zero-order valence-electron chi connectivity index (χ0n) is 15.9. The monoisotopic (exact) mass is 402 g/mol. The summed E-state index contributed by atoms with van der Waals surface area (Å²) in [5.74, 6) is 1.33. The van der Waals surface area contributed by atoms with E-state index in [1.165, 1.54) is 31.0 Å². The van der Waals surface area contributed by atoms with Crippen molar-refractivity contribution in [2.45, 2.75) is 43.3 Å². The van der Waals surface area contributed by atoms with E-state index in [2.05, 4.69) is 14.8 Å². The molecule has 4 rings (SSSR count). The summed E-state index contributed by atoms with van der Waals surface area (Å²) in [6.45, 7) is 2.51. The first-order valence-corrected chi connectivity index (χ1v) is 10.9. The predicted octanol–water partition coefficient (Wildman–Crippen LogP) is 3.11. The van der Waals surface area contributed by atoms with Crippen LogP contribution in [0.15, 0.2) is 29.4 Å². The van der Waals surface area contributed by atoms with Crippen LogP contribution in [-0.2, 0) is 9.53 Å². The number of thioether (sulfide) groups is 1. The van der Waals surface area contributed by atoms with Crippen molar-refractivity contribution in [3.8, 4) is 17.1 Å². The molecule has 1 N–H and O–H groups in total. The number of phenolic OH excluding ortho intramolecular Hbond substituents is 1. The zero-order valence-corrected chi connectivity index (χ0v) is 16.7. The van der Waals surface area contributed by atoms with E-state index >= 15 is 0 Å². The molecule has 1 saturated carbocycles. The average Bonchev–Trinajstić information content (AvgIpc) is 3.17. The molecule has 0 bridgehead atoms. The van der Waals surface area contributed by atoms with Gasteiger partial charge in [-0.2, -0.15) is 0 Å². The first kappa shape index (κ1) is 19.3. The molecule has 1 aliphatic carbocycles. The maximum Gasteiger partial charge on any atom is 0.233 e. The number of hydrogen-bond donors (Lipinski definition) is 1. The fourth-order valence-corrected chi connectivity index (χ4v) is 4.83. The number of phenols is 1. The van der Waals surface area contributed by atoms with E-state index in [9.17, 15) is 9.90 Å². The molecule has 28 heavy (non-hydrogen) atoms. The molecule has 0 atom stereocenters. The Morgan fingerprint density at radius 1 is 1.14 bits per heavy atom. The van der Waals surface area contributed by atoms with Crippen molar-refractivity contribution < 1.29 is 14.6 Å². The lowest BCUT2D eigenvalue weighted by Gasteiger charge is -2.27. The van der Waals surface area contributed by atoms with Crippen molar-refractivity contribution in [2.24, 2.45) is 0 Å². The van der Waals surface area contributed by atoms with Crippen molar-refractivity contribution >= 4 is 17.7 Å². The molecule has 2 aromatic rings. The SMILES string of the molecule is O=C(CSc1nnc(-c2ccccc2O)n1C1CCCCC1)N1CCOCC1. The number of rotatable bonds is 5. The molecule has 0 unspecified atom stereocenters. The molecule has 7 nitrogen and oxygen atoms in total. The number of ether oxygens (including phenoxy) is 1. The number of hydrogen-bond acceptors (Lipinski definition) is 6. The molecule has 1 aromatic heterocycles. The van der Waals surface area contributed by atoms with Crippen LogP contribution in [0.3, 0.4) is 0 Å². The number of amides is 1. The standard InChI is InChI=1S/C20H26N4O3S/c25-17-9-5-4-8-16(17)19-21-22-20(24(19)15-6-2-1-3-7-15)28-14-18(26)23-10-12-27-13-11-23/h4-5,8-9,15,25H,1-3,6-7,10-14H2. The van der Waals surface area contributed by atoms with Crippen LogP contribution in [0.2, 0.25) is 0 Å². The molecular weight excluding hydrogens is 376 g/mol. The van der Waals surface area contributed by atoms with Crippen molar-refractivity contribution in [3.63, 3.8) is 0 Å². The zero-order chi connectivity index (χ0) is 19.3. The number of morpholine rings is 1. The Balaban J connectivity index is 1.58. The second-order valence-corrected chi connectivity index (χ2v) is 8.21. The molecule has 1 aliphatic heterocycles. The topological polar surface area (TPSA) is 80.5 Å². The Morgan fingerprint density at radius 2 is 1.89 bits per heavy atom. The smallest absolute Gasteiger partial charge is 0.233 e. The van der Waals surface area contributed by atoms with Gasteiger partial charge in [-0.3, -0.25) is 9.36 Å². The summed E-state index contributed by atoms with van der Waals surface area (Å²) in [6.07, 6.45) is 5.76. The highest BCUT2D eigenvalue weighted by Crippen LogP contribution is 2.37. The first-order chi connectivity index (χ1) is 13.7. The Bertz CT molecular complexity index is 814. The minimum absolute atomic E-state index is 0.107. The maximum atomic E-state index is 12.5. The van der Waals surface area contributed by atoms with E-state index in [1.54, 1.807) is 12.1 Å². The quantitative estimate of drug-likeness (QED) is 0.774. The predicted molar refractivity (Wildman–Crippen MR) is 107 cm³/mol. The molecule has 2 fully saturated rings. The Labute approximate surface area is 169 Å². The van der Waals surface area contributed by atoms with Gasteiger partial charge in [0.25, 0.3) is 0 Å². The fourth-order valence-electron chi connectivity index (χ4n) is 3.92. The molecule has 0 spiro atoms. The Kier molecular flexibility index (Phi) is 6.17. The number of aromatic nitrogens is 3. The fraction of sp³-hybridized carbons (Fsp3) is 0.550. The van der Waals surface area contributed by atoms with Crippen LogP contribution in [-0.4, -0.2) is 62.7 Å². The van der Waals surface area contributed by atoms with E-state index in [1.807, 2.05) is 17.0 Å². The van der Waals surface area contributed by atoms with Gasteiger partial charge in [-0.15, -0.1) is 10.2 Å². The van der Waals surface area contributed by atoms with Gasteiger partial charge in [0.2, 0.25) is 5.91 Å². The minimum Gasteiger partial charge on any atom is -0.507 e. The van der Waals surface area contributed by atoms with Gasteiger partial charge < -0.3 is 14.7 Å². The minimum atomic E-state index is 0.107. The van der Waals surface area contributed by atoms with Crippen LogP contribution in [0.5, 0.6) is 5.75 Å². The lowest BCUT2D eigenvalue weighted by atomic mass is 9.95. The number of nitrogens with zero attached hydrogens (tertiary/aromatic N) is 4. The van der Waals surface area contributed by atoms with Crippen LogP contribution >= 0.6 is 11.8 Å². The van der Waals surface area contributed by atoms with Gasteiger partial charge in [-0.05, 0) is 25.0 Å². The van der Waals surface area contributed by atoms with Crippen LogP contribution in [0.1, 0.15) is 38.1 Å². The van der Waals surface area contributed by atoms with Gasteiger partial charge in [-0.1, -0.05) is 43.2 Å². The molecule has 0 radical (unpaired) electrons. The first-order valence-electron chi connectivity index (χ1n) is 9.95. The molecule has 1 amide bonds. The van der Waals surface area contributed by atoms with Gasteiger partial charge in [0, 0.05) is 19.1 Å². The number of carbonyl (C=O) groups is 1. The lowest BCUT2D eigenvalue weighted by molar-refractivity contribution is -0.132. The third kappa shape index (κ3) is 4.17. The molecule has 150 valence electrons. The van der Waals surface area contributed by atoms with Gasteiger partial charge >= 0.3 is 0 Å². The molecule has 2 aliphatic rings. The largest absolute Gasteiger partial charge is 0.507 e. The highest BCUT2D eigenvalue weighted by atomic mass is 32.2. The second kappa shape index (κ2) is 8.96. The molecule has 2 heterocycles. The van der Waals surface area contributed by atoms with Crippen molar-refractivity contribution in [1.29, 1.82) is 0 Å². The van der Waals surface area contributed by atoms with E-state index in [0.717, 1.165) is 18.0 Å². The molecule has 1 saturated heterocycles. The normalized spacial score (nSPS) is 18.4. The van der Waals surface area contributed by atoms with Crippen LogP contribution in [0.25, 0.3) is 11.4 Å². The summed E-state index contributed by atoms with van der Waals surface area (Å²) in [4.78, 5) is 14.4. The molecule has 1 aromatic carbocycles. The van der Waals surface area contributed by atoms with Gasteiger partial charge in [0.15, 0.2) is 11.0 Å². The van der Waals surface area contributed by atoms with Crippen LogP contribution in [0.4, 0.5) is 0 Å². The highest BCUT2D eigenvalue weighted by molar-refractivity contribution is 7.99. The van der Waals surface area contributed by atoms with Crippen LogP contribution < -0.4 is 0 Å². The number of aromatic hydroxyl groups is 1. The number of carbonyl (C=O) groups excluding carboxylic acids is 1. The summed E-state index contributed by atoms with van der Waals surface area (Å²) >= 11 is 1.44.